The summed E-state index contributed by atoms with van der Waals surface area (Å²) in [7, 11) is 0. The first kappa shape index (κ1) is 19.4. The van der Waals surface area contributed by atoms with Gasteiger partial charge in [-0.3, -0.25) is 0 Å². The molecule has 0 bridgehead atoms. The lowest BCUT2D eigenvalue weighted by Crippen LogP contribution is -2.48. The Hall–Kier alpha value is -1.91. The van der Waals surface area contributed by atoms with Crippen LogP contribution in [0, 0.1) is 11.3 Å². The van der Waals surface area contributed by atoms with Crippen LogP contribution in [0.25, 0.3) is 0 Å². The molecule has 0 N–H and O–H groups in total. The van der Waals surface area contributed by atoms with E-state index in [1.165, 1.54) is 6.92 Å². The first-order chi connectivity index (χ1) is 11.6. The molecule has 0 aromatic rings. The van der Waals surface area contributed by atoms with E-state index < -0.39 is 23.6 Å². The molecule has 0 aromatic heterocycles. The number of cyclic esters (lactones) is 1. The summed E-state index contributed by atoms with van der Waals surface area (Å²) in [5.41, 5.74) is -1.47. The molecule has 6 heteroatoms. The molecule has 0 radical (unpaired) electrons. The highest BCUT2D eigenvalue weighted by Gasteiger charge is 2.58. The number of esters is 2. The van der Waals surface area contributed by atoms with E-state index in [0.29, 0.717) is 5.92 Å². The van der Waals surface area contributed by atoms with Gasteiger partial charge in [-0.25, -0.2) is 14.4 Å². The number of carbonyl (C=O) groups excluding carboxylic acids is 3. The van der Waals surface area contributed by atoms with Crippen molar-refractivity contribution in [2.75, 3.05) is 0 Å². The Kier molecular flexibility index (Phi) is 5.55. The van der Waals surface area contributed by atoms with Crippen molar-refractivity contribution < 1.29 is 28.6 Å². The monoisotopic (exact) mass is 350 g/mol. The van der Waals surface area contributed by atoms with Gasteiger partial charge in [-0.05, 0) is 43.9 Å². The van der Waals surface area contributed by atoms with Gasteiger partial charge in [0.25, 0.3) is 0 Å². The summed E-state index contributed by atoms with van der Waals surface area (Å²) in [4.78, 5) is 34.9. The minimum absolute atomic E-state index is 0.136. The van der Waals surface area contributed by atoms with Gasteiger partial charge >= 0.3 is 11.9 Å². The van der Waals surface area contributed by atoms with Crippen molar-refractivity contribution in [2.24, 2.45) is 11.3 Å². The third kappa shape index (κ3) is 4.02. The zero-order valence-electron chi connectivity index (χ0n) is 15.3. The Bertz CT molecular complexity index is 602. The highest BCUT2D eigenvalue weighted by atomic mass is 16.7. The van der Waals surface area contributed by atoms with Gasteiger partial charge in [0.1, 0.15) is 0 Å². The lowest BCUT2D eigenvalue weighted by Gasteiger charge is -2.38. The van der Waals surface area contributed by atoms with Gasteiger partial charge in [-0.2, -0.15) is 0 Å². The number of hydrogen-bond donors (Lipinski definition) is 0. The van der Waals surface area contributed by atoms with E-state index in [1.54, 1.807) is 5.94 Å². The van der Waals surface area contributed by atoms with E-state index >= 15 is 0 Å². The summed E-state index contributed by atoms with van der Waals surface area (Å²) in [6.45, 7) is 11.4. The quantitative estimate of drug-likeness (QED) is 0.441. The van der Waals surface area contributed by atoms with Crippen LogP contribution in [0.3, 0.4) is 0 Å². The molecule has 1 saturated heterocycles. The molecule has 1 saturated carbocycles. The molecular weight excluding hydrogens is 324 g/mol. The third-order valence-electron chi connectivity index (χ3n) is 5.15. The first-order valence-electron chi connectivity index (χ1n) is 8.60. The molecular formula is C19H26O6. The highest BCUT2D eigenvalue weighted by Crippen LogP contribution is 2.41. The number of carbonyl (C=O) groups is 2. The van der Waals surface area contributed by atoms with Crippen LogP contribution >= 0.6 is 0 Å². The summed E-state index contributed by atoms with van der Waals surface area (Å²) in [6, 6.07) is 0. The van der Waals surface area contributed by atoms with Crippen molar-refractivity contribution in [3.05, 3.63) is 18.4 Å². The van der Waals surface area contributed by atoms with Crippen molar-refractivity contribution in [3.63, 3.8) is 0 Å². The summed E-state index contributed by atoms with van der Waals surface area (Å²) < 4.78 is 16.1. The molecule has 2 aliphatic rings. The van der Waals surface area contributed by atoms with Gasteiger partial charge in [0.05, 0.1) is 6.10 Å². The van der Waals surface area contributed by atoms with Crippen molar-refractivity contribution in [1.82, 2.24) is 0 Å². The van der Waals surface area contributed by atoms with Crippen LogP contribution in [0.1, 0.15) is 53.4 Å². The van der Waals surface area contributed by atoms with Crippen LogP contribution in [-0.2, 0) is 28.6 Å². The molecule has 1 heterocycles. The predicted octanol–water partition coefficient (Wildman–Crippen LogP) is 2.74. The zero-order valence-corrected chi connectivity index (χ0v) is 15.3. The smallest absolute Gasteiger partial charge is 0.359 e. The SMILES string of the molecule is C=CC(=O)OC1(C)C(=O)OC(=C=O)C1OC1CCC(C(C)(C)C)CC1. The standard InChI is InChI=1S/C19H26O6/c1-6-15(21)25-19(5)16(14(11-20)24-17(19)22)23-13-9-7-12(8-10-13)18(2,3)4/h6,12-13,16H,1,7-10H2,2-5H3. The van der Waals surface area contributed by atoms with Gasteiger partial charge in [-0.15, -0.1) is 0 Å². The van der Waals surface area contributed by atoms with E-state index in [1.807, 2.05) is 0 Å². The maximum atomic E-state index is 12.1. The molecule has 0 aromatic carbocycles. The molecule has 1 aliphatic heterocycles. The minimum atomic E-state index is -1.71. The molecule has 0 spiro atoms. The molecule has 2 atom stereocenters. The van der Waals surface area contributed by atoms with E-state index in [4.69, 9.17) is 14.2 Å². The summed E-state index contributed by atoms with van der Waals surface area (Å²) in [5, 5.41) is 0. The average molecular weight is 350 g/mol. The van der Waals surface area contributed by atoms with E-state index in [-0.39, 0.29) is 17.3 Å². The zero-order chi connectivity index (χ0) is 18.8. The predicted molar refractivity (Wildman–Crippen MR) is 90.1 cm³/mol. The Morgan fingerprint density at radius 3 is 2.40 bits per heavy atom. The van der Waals surface area contributed by atoms with E-state index in [9.17, 15) is 14.4 Å². The number of hydrogen-bond acceptors (Lipinski definition) is 6. The van der Waals surface area contributed by atoms with Gasteiger partial charge in [0.2, 0.25) is 11.4 Å². The molecule has 1 aliphatic carbocycles. The Balaban J connectivity index is 2.12. The van der Waals surface area contributed by atoms with Crippen molar-refractivity contribution in [2.45, 2.75) is 71.2 Å². The van der Waals surface area contributed by atoms with Crippen molar-refractivity contribution in [3.8, 4) is 0 Å². The van der Waals surface area contributed by atoms with Gasteiger partial charge < -0.3 is 14.2 Å². The van der Waals surface area contributed by atoms with Crippen molar-refractivity contribution >= 4 is 17.9 Å². The van der Waals surface area contributed by atoms with Crippen LogP contribution in [0.2, 0.25) is 0 Å². The van der Waals surface area contributed by atoms with Crippen LogP contribution in [-0.4, -0.2) is 35.7 Å². The molecule has 0 amide bonds. The number of rotatable bonds is 4. The summed E-state index contributed by atoms with van der Waals surface area (Å²) in [6.07, 6.45) is 3.35. The maximum absolute atomic E-state index is 12.1. The fourth-order valence-corrected chi connectivity index (χ4v) is 3.48. The van der Waals surface area contributed by atoms with Crippen LogP contribution in [0.5, 0.6) is 0 Å². The van der Waals surface area contributed by atoms with Gasteiger partial charge in [0.15, 0.2) is 12.0 Å². The fourth-order valence-electron chi connectivity index (χ4n) is 3.48. The molecule has 138 valence electrons. The minimum Gasteiger partial charge on any atom is -0.441 e. The second kappa shape index (κ2) is 7.14. The third-order valence-corrected chi connectivity index (χ3v) is 5.15. The average Bonchev–Trinajstić information content (AvgIpc) is 2.78. The Morgan fingerprint density at radius 1 is 1.32 bits per heavy atom. The fraction of sp³-hybridized carbons (Fsp3) is 0.684. The van der Waals surface area contributed by atoms with Crippen LogP contribution < -0.4 is 0 Å². The summed E-state index contributed by atoms with van der Waals surface area (Å²) >= 11 is 0. The van der Waals surface area contributed by atoms with Gasteiger partial charge in [0, 0.05) is 6.08 Å². The normalized spacial score (nSPS) is 32.7. The van der Waals surface area contributed by atoms with Crippen LogP contribution in [0.15, 0.2) is 18.4 Å². The Labute approximate surface area is 148 Å². The first-order valence-corrected chi connectivity index (χ1v) is 8.60. The van der Waals surface area contributed by atoms with Gasteiger partial charge in [-0.1, -0.05) is 27.4 Å². The van der Waals surface area contributed by atoms with Crippen molar-refractivity contribution in [1.29, 1.82) is 0 Å². The lowest BCUT2D eigenvalue weighted by molar-refractivity contribution is -0.179. The summed E-state index contributed by atoms with van der Waals surface area (Å²) in [5.74, 6) is 0.297. The highest BCUT2D eigenvalue weighted by molar-refractivity contribution is 5.91. The largest absolute Gasteiger partial charge is 0.441 e. The molecule has 2 rings (SSSR count). The maximum Gasteiger partial charge on any atom is 0.359 e. The molecule has 25 heavy (non-hydrogen) atoms. The topological polar surface area (TPSA) is 78.9 Å². The number of ether oxygens (including phenoxy) is 3. The molecule has 2 fully saturated rings. The Morgan fingerprint density at radius 2 is 1.92 bits per heavy atom. The second-order valence-electron chi connectivity index (χ2n) is 7.94. The van der Waals surface area contributed by atoms with Crippen LogP contribution in [0.4, 0.5) is 0 Å². The molecule has 6 nitrogen and oxygen atoms in total. The second-order valence-corrected chi connectivity index (χ2v) is 7.94. The van der Waals surface area contributed by atoms with E-state index in [2.05, 4.69) is 27.4 Å². The lowest BCUT2D eigenvalue weighted by atomic mass is 9.72. The van der Waals surface area contributed by atoms with E-state index in [0.717, 1.165) is 31.8 Å². The molecule has 2 unspecified atom stereocenters.